The van der Waals surface area contributed by atoms with Gasteiger partial charge in [0.2, 0.25) is 0 Å². The predicted molar refractivity (Wildman–Crippen MR) is 82.3 cm³/mol. The van der Waals surface area contributed by atoms with Crippen LogP contribution in [0.15, 0.2) is 28.8 Å². The fourth-order valence-electron chi connectivity index (χ4n) is 1.82. The minimum absolute atomic E-state index is 0.217. The van der Waals surface area contributed by atoms with Gasteiger partial charge in [0.1, 0.15) is 5.75 Å². The van der Waals surface area contributed by atoms with Crippen LogP contribution < -0.4 is 10.1 Å². The summed E-state index contributed by atoms with van der Waals surface area (Å²) in [5.74, 6) is 2.12. The van der Waals surface area contributed by atoms with Crippen molar-refractivity contribution in [2.24, 2.45) is 0 Å². The summed E-state index contributed by atoms with van der Waals surface area (Å²) < 4.78 is 11.1. The standard InChI is InChI=1S/C16H23N3O2/c1-5-12(3)20-14-8-6-13(7-9-14)16-18-15(19-21-16)10-11(2)17-4/h6-9,11-12,17H,5,10H2,1-4H3. The highest BCUT2D eigenvalue weighted by Crippen LogP contribution is 2.22. The summed E-state index contributed by atoms with van der Waals surface area (Å²) in [6.07, 6.45) is 1.95. The van der Waals surface area contributed by atoms with Crippen LogP contribution in [0, 0.1) is 0 Å². The summed E-state index contributed by atoms with van der Waals surface area (Å²) in [5, 5.41) is 7.16. The van der Waals surface area contributed by atoms with E-state index in [0.29, 0.717) is 17.8 Å². The van der Waals surface area contributed by atoms with Gasteiger partial charge in [0.05, 0.1) is 6.10 Å². The summed E-state index contributed by atoms with van der Waals surface area (Å²) in [7, 11) is 1.92. The first-order valence-corrected chi connectivity index (χ1v) is 7.39. The minimum atomic E-state index is 0.217. The molecule has 0 saturated carbocycles. The Hall–Kier alpha value is -1.88. The van der Waals surface area contributed by atoms with E-state index < -0.39 is 0 Å². The molecule has 5 nitrogen and oxygen atoms in total. The second kappa shape index (κ2) is 7.22. The first-order chi connectivity index (χ1) is 10.1. The van der Waals surface area contributed by atoms with Crippen LogP contribution in [0.25, 0.3) is 11.5 Å². The molecular weight excluding hydrogens is 266 g/mol. The van der Waals surface area contributed by atoms with Crippen LogP contribution >= 0.6 is 0 Å². The fourth-order valence-corrected chi connectivity index (χ4v) is 1.82. The number of hydrogen-bond donors (Lipinski definition) is 1. The van der Waals surface area contributed by atoms with Gasteiger partial charge in [0, 0.05) is 18.0 Å². The molecular formula is C16H23N3O2. The molecule has 5 heteroatoms. The second-order valence-corrected chi connectivity index (χ2v) is 5.27. The van der Waals surface area contributed by atoms with Gasteiger partial charge in [-0.25, -0.2) is 0 Å². The molecule has 2 atom stereocenters. The van der Waals surface area contributed by atoms with Gasteiger partial charge in [-0.3, -0.25) is 0 Å². The number of ether oxygens (including phenoxy) is 1. The lowest BCUT2D eigenvalue weighted by Crippen LogP contribution is -2.24. The molecule has 0 aliphatic heterocycles. The zero-order chi connectivity index (χ0) is 15.2. The average molecular weight is 289 g/mol. The van der Waals surface area contributed by atoms with E-state index in [1.807, 2.05) is 31.3 Å². The number of aromatic nitrogens is 2. The Morgan fingerprint density at radius 3 is 2.57 bits per heavy atom. The average Bonchev–Trinajstić information content (AvgIpc) is 2.96. The van der Waals surface area contributed by atoms with Crippen molar-refractivity contribution in [2.75, 3.05) is 7.05 Å². The molecule has 0 aliphatic carbocycles. The quantitative estimate of drug-likeness (QED) is 0.849. The zero-order valence-corrected chi connectivity index (χ0v) is 13.1. The third-order valence-electron chi connectivity index (χ3n) is 3.46. The highest BCUT2D eigenvalue weighted by molar-refractivity contribution is 5.54. The lowest BCUT2D eigenvalue weighted by Gasteiger charge is -2.12. The Morgan fingerprint density at radius 1 is 1.24 bits per heavy atom. The van der Waals surface area contributed by atoms with Crippen LogP contribution in [-0.2, 0) is 6.42 Å². The maximum absolute atomic E-state index is 5.75. The number of rotatable bonds is 7. The van der Waals surface area contributed by atoms with Crippen LogP contribution in [0.4, 0.5) is 0 Å². The molecule has 1 aromatic carbocycles. The summed E-state index contributed by atoms with van der Waals surface area (Å²) in [5.41, 5.74) is 0.905. The zero-order valence-electron chi connectivity index (χ0n) is 13.1. The van der Waals surface area contributed by atoms with Crippen molar-refractivity contribution in [1.82, 2.24) is 15.5 Å². The number of likely N-dealkylation sites (N-methyl/N-ethyl adjacent to an activating group) is 1. The first kappa shape index (κ1) is 15.5. The number of nitrogens with zero attached hydrogens (tertiary/aromatic N) is 2. The van der Waals surface area contributed by atoms with E-state index in [0.717, 1.165) is 24.2 Å². The Kier molecular flexibility index (Phi) is 5.33. The molecule has 1 N–H and O–H groups in total. The SMILES string of the molecule is CCC(C)Oc1ccc(-c2nc(CC(C)NC)no2)cc1. The topological polar surface area (TPSA) is 60.2 Å². The van der Waals surface area contributed by atoms with Crippen LogP contribution in [0.5, 0.6) is 5.75 Å². The summed E-state index contributed by atoms with van der Waals surface area (Å²) in [6, 6.07) is 8.07. The van der Waals surface area contributed by atoms with Crippen molar-refractivity contribution in [2.45, 2.75) is 45.8 Å². The van der Waals surface area contributed by atoms with E-state index in [4.69, 9.17) is 9.26 Å². The van der Waals surface area contributed by atoms with Gasteiger partial charge in [-0.05, 0) is 51.6 Å². The molecule has 0 spiro atoms. The Balaban J connectivity index is 2.05. The molecule has 1 aromatic heterocycles. The third-order valence-corrected chi connectivity index (χ3v) is 3.46. The van der Waals surface area contributed by atoms with Crippen LogP contribution in [0.3, 0.4) is 0 Å². The lowest BCUT2D eigenvalue weighted by molar-refractivity contribution is 0.217. The molecule has 1 heterocycles. The maximum atomic E-state index is 5.75. The van der Waals surface area contributed by atoms with Gasteiger partial charge in [-0.1, -0.05) is 12.1 Å². The second-order valence-electron chi connectivity index (χ2n) is 5.27. The smallest absolute Gasteiger partial charge is 0.257 e. The van der Waals surface area contributed by atoms with Crippen LogP contribution in [-0.4, -0.2) is 29.3 Å². The highest BCUT2D eigenvalue weighted by atomic mass is 16.5. The molecule has 114 valence electrons. The van der Waals surface area contributed by atoms with Crippen molar-refractivity contribution >= 4 is 0 Å². The van der Waals surface area contributed by atoms with Gasteiger partial charge in [0.25, 0.3) is 5.89 Å². The van der Waals surface area contributed by atoms with E-state index in [1.54, 1.807) is 0 Å². The van der Waals surface area contributed by atoms with Crippen molar-refractivity contribution in [3.8, 4) is 17.2 Å². The molecule has 0 amide bonds. The van der Waals surface area contributed by atoms with Gasteiger partial charge >= 0.3 is 0 Å². The minimum Gasteiger partial charge on any atom is -0.491 e. The number of benzene rings is 1. The van der Waals surface area contributed by atoms with Crippen molar-refractivity contribution < 1.29 is 9.26 Å². The van der Waals surface area contributed by atoms with Gasteiger partial charge in [-0.2, -0.15) is 4.98 Å². The van der Waals surface area contributed by atoms with E-state index in [-0.39, 0.29) is 6.10 Å². The molecule has 0 saturated heterocycles. The van der Waals surface area contributed by atoms with Gasteiger partial charge < -0.3 is 14.6 Å². The van der Waals surface area contributed by atoms with E-state index in [9.17, 15) is 0 Å². The Bertz CT molecular complexity index is 551. The third kappa shape index (κ3) is 4.29. The van der Waals surface area contributed by atoms with Crippen molar-refractivity contribution in [1.29, 1.82) is 0 Å². The molecule has 2 aromatic rings. The van der Waals surface area contributed by atoms with Crippen LogP contribution in [0.1, 0.15) is 33.0 Å². The van der Waals surface area contributed by atoms with Gasteiger partial charge in [0.15, 0.2) is 5.82 Å². The number of nitrogens with one attached hydrogen (secondary N) is 1. The fraction of sp³-hybridized carbons (Fsp3) is 0.500. The van der Waals surface area contributed by atoms with Gasteiger partial charge in [-0.15, -0.1) is 0 Å². The lowest BCUT2D eigenvalue weighted by atomic mass is 10.2. The highest BCUT2D eigenvalue weighted by Gasteiger charge is 2.11. The predicted octanol–water partition coefficient (Wildman–Crippen LogP) is 3.06. The molecule has 2 rings (SSSR count). The van der Waals surface area contributed by atoms with E-state index in [2.05, 4.69) is 36.2 Å². The van der Waals surface area contributed by atoms with E-state index in [1.165, 1.54) is 0 Å². The van der Waals surface area contributed by atoms with Crippen molar-refractivity contribution in [3.05, 3.63) is 30.1 Å². The molecule has 0 radical (unpaired) electrons. The summed E-state index contributed by atoms with van der Waals surface area (Å²) in [6.45, 7) is 6.24. The number of hydrogen-bond acceptors (Lipinski definition) is 5. The molecule has 0 aliphatic rings. The first-order valence-electron chi connectivity index (χ1n) is 7.39. The van der Waals surface area contributed by atoms with Crippen LogP contribution in [0.2, 0.25) is 0 Å². The molecule has 21 heavy (non-hydrogen) atoms. The van der Waals surface area contributed by atoms with E-state index >= 15 is 0 Å². The molecule has 0 fully saturated rings. The maximum Gasteiger partial charge on any atom is 0.257 e. The normalized spacial score (nSPS) is 13.9. The Labute approximate surface area is 125 Å². The molecule has 0 bridgehead atoms. The monoisotopic (exact) mass is 289 g/mol. The summed E-state index contributed by atoms with van der Waals surface area (Å²) in [4.78, 5) is 4.42. The summed E-state index contributed by atoms with van der Waals surface area (Å²) >= 11 is 0. The largest absolute Gasteiger partial charge is 0.491 e. The molecule has 2 unspecified atom stereocenters. The Morgan fingerprint density at radius 2 is 1.95 bits per heavy atom. The van der Waals surface area contributed by atoms with Crippen molar-refractivity contribution in [3.63, 3.8) is 0 Å².